The number of hydrogen-bond acceptors (Lipinski definition) is 2. The molecule has 1 aliphatic carbocycles. The molecule has 0 saturated heterocycles. The fraction of sp³-hybridized carbons (Fsp3) is 0.467. The van der Waals surface area contributed by atoms with E-state index in [4.69, 9.17) is 5.11 Å². The molecule has 1 saturated carbocycles. The molecule has 1 unspecified atom stereocenters. The highest BCUT2D eigenvalue weighted by molar-refractivity contribution is 5.79. The van der Waals surface area contributed by atoms with Crippen LogP contribution in [0, 0.1) is 6.92 Å². The normalized spacial score (nSPS) is 15.8. The van der Waals surface area contributed by atoms with E-state index in [1.165, 1.54) is 0 Å². The van der Waals surface area contributed by atoms with Crippen molar-refractivity contribution in [2.45, 2.75) is 44.6 Å². The van der Waals surface area contributed by atoms with Crippen molar-refractivity contribution in [1.82, 2.24) is 5.32 Å². The number of amides is 1. The zero-order chi connectivity index (χ0) is 13.8. The first kappa shape index (κ1) is 13.6. The van der Waals surface area contributed by atoms with Crippen LogP contribution < -0.4 is 5.32 Å². The topological polar surface area (TPSA) is 66.4 Å². The second-order valence-corrected chi connectivity index (χ2v) is 5.25. The Balaban J connectivity index is 2.05. The van der Waals surface area contributed by atoms with Crippen LogP contribution in [-0.4, -0.2) is 23.0 Å². The molecule has 1 atom stereocenters. The van der Waals surface area contributed by atoms with Gasteiger partial charge in [0.2, 0.25) is 5.91 Å². The van der Waals surface area contributed by atoms with Crippen LogP contribution in [0.3, 0.4) is 0 Å². The van der Waals surface area contributed by atoms with E-state index in [0.29, 0.717) is 6.04 Å². The van der Waals surface area contributed by atoms with E-state index >= 15 is 0 Å². The fourth-order valence-corrected chi connectivity index (χ4v) is 2.18. The fourth-order valence-electron chi connectivity index (χ4n) is 2.18. The van der Waals surface area contributed by atoms with Gasteiger partial charge >= 0.3 is 5.97 Å². The van der Waals surface area contributed by atoms with Crippen LogP contribution in [0.2, 0.25) is 0 Å². The van der Waals surface area contributed by atoms with Gasteiger partial charge in [0, 0.05) is 18.4 Å². The SMILES string of the molecule is Cc1cccc(C(CC(=O)O)CC(=O)NC2CC2)c1. The van der Waals surface area contributed by atoms with Gasteiger partial charge in [0.25, 0.3) is 0 Å². The summed E-state index contributed by atoms with van der Waals surface area (Å²) in [6.07, 6.45) is 2.31. The molecule has 0 aliphatic heterocycles. The Labute approximate surface area is 112 Å². The van der Waals surface area contributed by atoms with Crippen molar-refractivity contribution in [3.8, 4) is 0 Å². The molecule has 0 heterocycles. The lowest BCUT2D eigenvalue weighted by molar-refractivity contribution is -0.137. The molecule has 1 aromatic carbocycles. The van der Waals surface area contributed by atoms with Crippen molar-refractivity contribution in [2.75, 3.05) is 0 Å². The molecule has 2 rings (SSSR count). The molecule has 1 aliphatic rings. The van der Waals surface area contributed by atoms with Gasteiger partial charge in [-0.2, -0.15) is 0 Å². The van der Waals surface area contributed by atoms with Crippen LogP contribution in [0.15, 0.2) is 24.3 Å². The first-order valence-corrected chi connectivity index (χ1v) is 6.62. The number of hydrogen-bond donors (Lipinski definition) is 2. The molecule has 0 spiro atoms. The molecular weight excluding hydrogens is 242 g/mol. The summed E-state index contributed by atoms with van der Waals surface area (Å²) in [5.41, 5.74) is 2.00. The summed E-state index contributed by atoms with van der Waals surface area (Å²) in [7, 11) is 0. The van der Waals surface area contributed by atoms with Gasteiger partial charge in [0.1, 0.15) is 0 Å². The molecule has 0 bridgehead atoms. The smallest absolute Gasteiger partial charge is 0.303 e. The summed E-state index contributed by atoms with van der Waals surface area (Å²) < 4.78 is 0. The predicted molar refractivity (Wildman–Crippen MR) is 72.0 cm³/mol. The monoisotopic (exact) mass is 261 g/mol. The molecule has 102 valence electrons. The Morgan fingerprint density at radius 2 is 2.11 bits per heavy atom. The molecule has 19 heavy (non-hydrogen) atoms. The van der Waals surface area contributed by atoms with Crippen molar-refractivity contribution in [2.24, 2.45) is 0 Å². The second kappa shape index (κ2) is 5.87. The standard InChI is InChI=1S/C15H19NO3/c1-10-3-2-4-11(7-10)12(9-15(18)19)8-14(17)16-13-5-6-13/h2-4,7,12-13H,5-6,8-9H2,1H3,(H,16,17)(H,18,19). The molecule has 0 aromatic heterocycles. The summed E-state index contributed by atoms with van der Waals surface area (Å²) in [5, 5.41) is 11.9. The minimum atomic E-state index is -0.870. The van der Waals surface area contributed by atoms with E-state index in [2.05, 4.69) is 5.32 Å². The predicted octanol–water partition coefficient (Wildman–Crippen LogP) is 2.22. The van der Waals surface area contributed by atoms with Crippen LogP contribution in [0.25, 0.3) is 0 Å². The average molecular weight is 261 g/mol. The third kappa shape index (κ3) is 4.39. The maximum Gasteiger partial charge on any atom is 0.303 e. The highest BCUT2D eigenvalue weighted by atomic mass is 16.4. The van der Waals surface area contributed by atoms with Crippen molar-refractivity contribution < 1.29 is 14.7 Å². The van der Waals surface area contributed by atoms with Crippen LogP contribution >= 0.6 is 0 Å². The highest BCUT2D eigenvalue weighted by Gasteiger charge is 2.26. The lowest BCUT2D eigenvalue weighted by Crippen LogP contribution is -2.27. The van der Waals surface area contributed by atoms with Crippen molar-refractivity contribution in [3.63, 3.8) is 0 Å². The van der Waals surface area contributed by atoms with E-state index in [-0.39, 0.29) is 24.7 Å². The van der Waals surface area contributed by atoms with E-state index in [0.717, 1.165) is 24.0 Å². The number of carboxylic acids is 1. The van der Waals surface area contributed by atoms with Gasteiger partial charge in [-0.25, -0.2) is 0 Å². The van der Waals surface area contributed by atoms with E-state index < -0.39 is 5.97 Å². The molecule has 4 heteroatoms. The third-order valence-electron chi connectivity index (χ3n) is 3.31. The number of carbonyl (C=O) groups excluding carboxylic acids is 1. The first-order valence-electron chi connectivity index (χ1n) is 6.62. The van der Waals surface area contributed by atoms with Gasteiger partial charge < -0.3 is 10.4 Å². The van der Waals surface area contributed by atoms with Crippen LogP contribution in [0.1, 0.15) is 42.7 Å². The molecule has 0 radical (unpaired) electrons. The van der Waals surface area contributed by atoms with E-state index in [1.54, 1.807) is 0 Å². The summed E-state index contributed by atoms with van der Waals surface area (Å²) in [6, 6.07) is 8.03. The largest absolute Gasteiger partial charge is 0.481 e. The molecular formula is C15H19NO3. The molecule has 1 amide bonds. The van der Waals surface area contributed by atoms with Gasteiger partial charge in [0.15, 0.2) is 0 Å². The Morgan fingerprint density at radius 1 is 1.37 bits per heavy atom. The van der Waals surface area contributed by atoms with Crippen LogP contribution in [-0.2, 0) is 9.59 Å². The molecule has 1 fully saturated rings. The third-order valence-corrected chi connectivity index (χ3v) is 3.31. The summed E-state index contributed by atoms with van der Waals surface area (Å²) in [4.78, 5) is 22.8. The maximum atomic E-state index is 11.8. The summed E-state index contributed by atoms with van der Waals surface area (Å²) >= 11 is 0. The molecule has 2 N–H and O–H groups in total. The summed E-state index contributed by atoms with van der Waals surface area (Å²) in [5.74, 6) is -1.17. The average Bonchev–Trinajstić information content (AvgIpc) is 3.11. The number of benzene rings is 1. The van der Waals surface area contributed by atoms with Crippen molar-refractivity contribution in [3.05, 3.63) is 35.4 Å². The Bertz CT molecular complexity index is 480. The van der Waals surface area contributed by atoms with Crippen molar-refractivity contribution >= 4 is 11.9 Å². The zero-order valence-corrected chi connectivity index (χ0v) is 11.1. The Hall–Kier alpha value is -1.84. The number of carbonyl (C=O) groups is 2. The lowest BCUT2D eigenvalue weighted by atomic mass is 9.91. The number of aliphatic carboxylic acids is 1. The number of nitrogens with one attached hydrogen (secondary N) is 1. The number of aryl methyl sites for hydroxylation is 1. The van der Waals surface area contributed by atoms with Crippen molar-refractivity contribution in [1.29, 1.82) is 0 Å². The van der Waals surface area contributed by atoms with Gasteiger partial charge in [-0.05, 0) is 25.3 Å². The molecule has 4 nitrogen and oxygen atoms in total. The van der Waals surface area contributed by atoms with Crippen LogP contribution in [0.5, 0.6) is 0 Å². The van der Waals surface area contributed by atoms with Gasteiger partial charge in [0.05, 0.1) is 6.42 Å². The minimum absolute atomic E-state index is 0.0124. The van der Waals surface area contributed by atoms with Gasteiger partial charge in [-0.3, -0.25) is 9.59 Å². The quantitative estimate of drug-likeness (QED) is 0.825. The highest BCUT2D eigenvalue weighted by Crippen LogP contribution is 2.25. The number of carboxylic acid groups (broad SMARTS) is 1. The Morgan fingerprint density at radius 3 is 2.68 bits per heavy atom. The molecule has 1 aromatic rings. The summed E-state index contributed by atoms with van der Waals surface area (Å²) in [6.45, 7) is 1.96. The van der Waals surface area contributed by atoms with Gasteiger partial charge in [-0.1, -0.05) is 29.8 Å². The lowest BCUT2D eigenvalue weighted by Gasteiger charge is -2.15. The Kier molecular flexibility index (Phi) is 4.20. The minimum Gasteiger partial charge on any atom is -0.481 e. The first-order chi connectivity index (χ1) is 9.04. The van der Waals surface area contributed by atoms with E-state index in [9.17, 15) is 9.59 Å². The number of rotatable bonds is 6. The second-order valence-electron chi connectivity index (χ2n) is 5.25. The maximum absolute atomic E-state index is 11.8. The van der Waals surface area contributed by atoms with Gasteiger partial charge in [-0.15, -0.1) is 0 Å². The zero-order valence-electron chi connectivity index (χ0n) is 11.1. The van der Waals surface area contributed by atoms with E-state index in [1.807, 2.05) is 31.2 Å². The van der Waals surface area contributed by atoms with Crippen LogP contribution in [0.4, 0.5) is 0 Å².